The maximum Gasteiger partial charge on any atom is 0.336 e. The van der Waals surface area contributed by atoms with Crippen molar-refractivity contribution in [3.05, 3.63) is 16.0 Å². The second-order valence-corrected chi connectivity index (χ2v) is 7.56. The summed E-state index contributed by atoms with van der Waals surface area (Å²) in [6.45, 7) is 2.08. The zero-order chi connectivity index (χ0) is 17.8. The predicted molar refractivity (Wildman–Crippen MR) is 93.5 cm³/mol. The number of amides is 1. The van der Waals surface area contributed by atoms with Crippen molar-refractivity contribution in [1.29, 1.82) is 5.26 Å². The van der Waals surface area contributed by atoms with Crippen molar-refractivity contribution in [2.75, 3.05) is 11.9 Å². The molecule has 0 unspecified atom stereocenters. The van der Waals surface area contributed by atoms with Crippen molar-refractivity contribution in [2.45, 2.75) is 64.1 Å². The van der Waals surface area contributed by atoms with Gasteiger partial charge in [0.25, 0.3) is 5.91 Å². The van der Waals surface area contributed by atoms with Crippen LogP contribution in [-0.2, 0) is 31.9 Å². The number of esters is 1. The van der Waals surface area contributed by atoms with Crippen molar-refractivity contribution >= 4 is 28.2 Å². The number of fused-ring (bicyclic) bond motifs is 1. The van der Waals surface area contributed by atoms with Crippen LogP contribution in [0.2, 0.25) is 0 Å². The molecule has 1 aromatic rings. The number of rotatable bonds is 4. The van der Waals surface area contributed by atoms with Crippen LogP contribution in [0.4, 0.5) is 5.00 Å². The molecule has 6 nitrogen and oxygen atoms in total. The largest absolute Gasteiger partial charge is 0.451 e. The number of anilines is 1. The Bertz CT molecular complexity index is 701. The molecular formula is C18H22N2O4S. The molecular weight excluding hydrogens is 340 g/mol. The number of thiophene rings is 1. The first-order chi connectivity index (χ1) is 12.1. The van der Waals surface area contributed by atoms with Crippen molar-refractivity contribution in [1.82, 2.24) is 0 Å². The van der Waals surface area contributed by atoms with Crippen molar-refractivity contribution in [3.8, 4) is 6.07 Å². The Morgan fingerprint density at radius 1 is 1.32 bits per heavy atom. The highest BCUT2D eigenvalue weighted by atomic mass is 32.1. The van der Waals surface area contributed by atoms with Crippen LogP contribution in [0.15, 0.2) is 0 Å². The van der Waals surface area contributed by atoms with E-state index in [-0.39, 0.29) is 0 Å². The summed E-state index contributed by atoms with van der Waals surface area (Å²) in [6, 6.07) is 2.23. The molecule has 2 heterocycles. The van der Waals surface area contributed by atoms with Gasteiger partial charge in [-0.1, -0.05) is 6.42 Å². The number of hydrogen-bond acceptors (Lipinski definition) is 6. The normalized spacial score (nSPS) is 20.9. The smallest absolute Gasteiger partial charge is 0.336 e. The predicted octanol–water partition coefficient (Wildman–Crippen LogP) is 2.94. The van der Waals surface area contributed by atoms with Gasteiger partial charge in [-0.05, 0) is 51.0 Å². The van der Waals surface area contributed by atoms with Crippen LogP contribution in [0.3, 0.4) is 0 Å². The van der Waals surface area contributed by atoms with Crippen LogP contribution in [0.1, 0.15) is 55.0 Å². The van der Waals surface area contributed by atoms with Crippen LogP contribution in [-0.4, -0.2) is 30.7 Å². The van der Waals surface area contributed by atoms with E-state index >= 15 is 0 Å². The number of nitriles is 1. The van der Waals surface area contributed by atoms with Gasteiger partial charge in [-0.25, -0.2) is 4.79 Å². The molecule has 1 aromatic heterocycles. The minimum absolute atomic E-state index is 0.417. The first kappa shape index (κ1) is 17.9. The molecule has 1 aliphatic carbocycles. The lowest BCUT2D eigenvalue weighted by molar-refractivity contribution is -0.162. The fraction of sp³-hybridized carbons (Fsp3) is 0.611. The van der Waals surface area contributed by atoms with E-state index in [0.29, 0.717) is 23.6 Å². The average Bonchev–Trinajstić information content (AvgIpc) is 3.18. The molecule has 3 rings (SSSR count). The first-order valence-electron chi connectivity index (χ1n) is 8.77. The van der Waals surface area contributed by atoms with Gasteiger partial charge in [0.05, 0.1) is 5.56 Å². The molecule has 1 fully saturated rings. The highest BCUT2D eigenvalue weighted by molar-refractivity contribution is 7.16. The molecule has 0 radical (unpaired) electrons. The van der Waals surface area contributed by atoms with Crippen LogP contribution >= 0.6 is 11.3 Å². The van der Waals surface area contributed by atoms with Gasteiger partial charge in [-0.3, -0.25) is 4.79 Å². The van der Waals surface area contributed by atoms with Gasteiger partial charge in [0.15, 0.2) is 12.2 Å². The summed E-state index contributed by atoms with van der Waals surface area (Å²) in [5, 5.41) is 12.8. The number of nitrogens with one attached hydrogen (secondary N) is 1. The van der Waals surface area contributed by atoms with E-state index in [1.807, 2.05) is 0 Å². The van der Waals surface area contributed by atoms with Gasteiger partial charge in [-0.15, -0.1) is 11.3 Å². The molecule has 2 aliphatic rings. The maximum atomic E-state index is 12.4. The lowest BCUT2D eigenvalue weighted by Gasteiger charge is -2.15. The van der Waals surface area contributed by atoms with Crippen LogP contribution in [0, 0.1) is 11.3 Å². The number of carbonyl (C=O) groups excluding carboxylic acids is 2. The monoisotopic (exact) mass is 362 g/mol. The SMILES string of the molecule is C[C@H](OC(=O)[C@@H]1CCCO1)C(=O)Nc1sc2c(c1C#N)CCCCC2. The summed E-state index contributed by atoms with van der Waals surface area (Å²) in [6.07, 6.45) is 5.15. The molecule has 7 heteroatoms. The summed E-state index contributed by atoms with van der Waals surface area (Å²) < 4.78 is 10.5. The molecule has 1 aliphatic heterocycles. The number of aryl methyl sites for hydroxylation is 1. The first-order valence-corrected chi connectivity index (χ1v) is 9.59. The molecule has 1 saturated heterocycles. The summed E-state index contributed by atoms with van der Waals surface area (Å²) in [7, 11) is 0. The van der Waals surface area contributed by atoms with Gasteiger partial charge in [-0.2, -0.15) is 5.26 Å². The summed E-state index contributed by atoms with van der Waals surface area (Å²) in [5.74, 6) is -0.915. The lowest BCUT2D eigenvalue weighted by atomic mass is 10.1. The maximum absolute atomic E-state index is 12.4. The van der Waals surface area contributed by atoms with Gasteiger partial charge in [0.1, 0.15) is 11.1 Å². The quantitative estimate of drug-likeness (QED) is 0.657. The van der Waals surface area contributed by atoms with Gasteiger partial charge >= 0.3 is 5.97 Å². The molecule has 25 heavy (non-hydrogen) atoms. The Kier molecular flexibility index (Phi) is 5.71. The van der Waals surface area contributed by atoms with E-state index in [0.717, 1.165) is 37.7 Å². The zero-order valence-corrected chi connectivity index (χ0v) is 15.1. The lowest BCUT2D eigenvalue weighted by Crippen LogP contribution is -2.33. The minimum Gasteiger partial charge on any atom is -0.451 e. The van der Waals surface area contributed by atoms with Crippen molar-refractivity contribution in [3.63, 3.8) is 0 Å². The van der Waals surface area contributed by atoms with E-state index < -0.39 is 24.1 Å². The van der Waals surface area contributed by atoms with Crippen molar-refractivity contribution < 1.29 is 19.1 Å². The molecule has 134 valence electrons. The topological polar surface area (TPSA) is 88.4 Å². The molecule has 1 amide bonds. The third-order valence-corrected chi connectivity index (χ3v) is 5.83. The van der Waals surface area contributed by atoms with E-state index in [9.17, 15) is 14.9 Å². The van der Waals surface area contributed by atoms with E-state index in [4.69, 9.17) is 9.47 Å². The fourth-order valence-electron chi connectivity index (χ4n) is 3.23. The third-order valence-electron chi connectivity index (χ3n) is 4.62. The molecule has 0 spiro atoms. The Balaban J connectivity index is 1.66. The summed E-state index contributed by atoms with van der Waals surface area (Å²) in [4.78, 5) is 25.5. The Labute approximate surface area is 151 Å². The molecule has 0 bridgehead atoms. The highest BCUT2D eigenvalue weighted by Crippen LogP contribution is 2.37. The number of nitrogens with zero attached hydrogens (tertiary/aromatic N) is 1. The minimum atomic E-state index is -0.926. The number of hydrogen-bond donors (Lipinski definition) is 1. The van der Waals surface area contributed by atoms with E-state index in [2.05, 4.69) is 11.4 Å². The van der Waals surface area contributed by atoms with Gasteiger partial charge in [0, 0.05) is 11.5 Å². The van der Waals surface area contributed by atoms with Crippen LogP contribution in [0.5, 0.6) is 0 Å². The van der Waals surface area contributed by atoms with E-state index in [1.165, 1.54) is 29.6 Å². The Hall–Kier alpha value is -1.91. The van der Waals surface area contributed by atoms with Gasteiger partial charge in [0.2, 0.25) is 0 Å². The van der Waals surface area contributed by atoms with Gasteiger partial charge < -0.3 is 14.8 Å². The third kappa shape index (κ3) is 4.02. The second-order valence-electron chi connectivity index (χ2n) is 6.45. The zero-order valence-electron chi connectivity index (χ0n) is 14.3. The molecule has 2 atom stereocenters. The number of carbonyl (C=O) groups is 2. The summed E-state index contributed by atoms with van der Waals surface area (Å²) in [5.41, 5.74) is 1.64. The van der Waals surface area contributed by atoms with Crippen LogP contribution < -0.4 is 5.32 Å². The molecule has 0 aromatic carbocycles. The average molecular weight is 362 g/mol. The Morgan fingerprint density at radius 2 is 2.12 bits per heavy atom. The van der Waals surface area contributed by atoms with Crippen LogP contribution in [0.25, 0.3) is 0 Å². The molecule has 1 N–H and O–H groups in total. The second kappa shape index (κ2) is 7.98. The standard InChI is InChI=1S/C18H22N2O4S/c1-11(24-18(22)14-7-5-9-23-14)16(21)20-17-13(10-19)12-6-3-2-4-8-15(12)25-17/h11,14H,2-9H2,1H3,(H,20,21)/t11-,14-/m0/s1. The number of ether oxygens (including phenoxy) is 2. The fourth-order valence-corrected chi connectivity index (χ4v) is 4.47. The highest BCUT2D eigenvalue weighted by Gasteiger charge is 2.29. The van der Waals surface area contributed by atoms with E-state index in [1.54, 1.807) is 0 Å². The van der Waals surface area contributed by atoms with Crippen molar-refractivity contribution in [2.24, 2.45) is 0 Å². The summed E-state index contributed by atoms with van der Waals surface area (Å²) >= 11 is 1.47. The molecule has 0 saturated carbocycles. The Morgan fingerprint density at radius 3 is 2.84 bits per heavy atom.